The van der Waals surface area contributed by atoms with Crippen molar-refractivity contribution in [3.63, 3.8) is 0 Å². The van der Waals surface area contributed by atoms with Crippen LogP contribution in [0.15, 0.2) is 47.6 Å². The van der Waals surface area contributed by atoms with Crippen LogP contribution in [0.25, 0.3) is 0 Å². The molecule has 152 valence electrons. The largest absolute Gasteiger partial charge is 0.490 e. The second kappa shape index (κ2) is 11.8. The average Bonchev–Trinajstić information content (AvgIpc) is 2.71. The van der Waals surface area contributed by atoms with Crippen molar-refractivity contribution in [1.29, 1.82) is 0 Å². The molecule has 0 aliphatic carbocycles. The Morgan fingerprint density at radius 2 is 1.96 bits per heavy atom. The van der Waals surface area contributed by atoms with Gasteiger partial charge in [-0.3, -0.25) is 4.99 Å². The molecule has 0 bridgehead atoms. The van der Waals surface area contributed by atoms with Crippen molar-refractivity contribution < 1.29 is 14.2 Å². The molecule has 1 heterocycles. The molecule has 0 saturated heterocycles. The molecule has 0 radical (unpaired) electrons. The van der Waals surface area contributed by atoms with Gasteiger partial charge in [0.25, 0.3) is 0 Å². The Morgan fingerprint density at radius 3 is 2.68 bits per heavy atom. The van der Waals surface area contributed by atoms with Crippen LogP contribution in [0.3, 0.4) is 0 Å². The minimum Gasteiger partial charge on any atom is -0.490 e. The van der Waals surface area contributed by atoms with E-state index < -0.39 is 0 Å². The lowest BCUT2D eigenvalue weighted by Gasteiger charge is -2.18. The van der Waals surface area contributed by atoms with Crippen molar-refractivity contribution in [2.75, 3.05) is 27.4 Å². The van der Waals surface area contributed by atoms with Crippen LogP contribution >= 0.6 is 0 Å². The fourth-order valence-electron chi connectivity index (χ4n) is 2.52. The summed E-state index contributed by atoms with van der Waals surface area (Å²) >= 11 is 0. The fourth-order valence-corrected chi connectivity index (χ4v) is 2.52. The number of hydrogen-bond acceptors (Lipinski definition) is 5. The normalized spacial score (nSPS) is 12.4. The molecule has 0 fully saturated rings. The number of hydrogen-bond donors (Lipinski definition) is 2. The molecule has 0 amide bonds. The molecule has 7 heteroatoms. The van der Waals surface area contributed by atoms with Crippen LogP contribution < -0.4 is 20.1 Å². The maximum atomic E-state index is 6.07. The van der Waals surface area contributed by atoms with E-state index in [1.54, 1.807) is 20.4 Å². The van der Waals surface area contributed by atoms with Crippen LogP contribution in [-0.2, 0) is 11.3 Å². The number of ether oxygens (including phenoxy) is 3. The lowest BCUT2D eigenvalue weighted by atomic mass is 10.2. The summed E-state index contributed by atoms with van der Waals surface area (Å²) in [6, 6.07) is 11.6. The van der Waals surface area contributed by atoms with Gasteiger partial charge in [-0.2, -0.15) is 0 Å². The predicted octanol–water partition coefficient (Wildman–Crippen LogP) is 3.36. The summed E-state index contributed by atoms with van der Waals surface area (Å²) in [4.78, 5) is 8.64. The van der Waals surface area contributed by atoms with Crippen molar-refractivity contribution in [2.45, 2.75) is 32.9 Å². The summed E-state index contributed by atoms with van der Waals surface area (Å²) in [6.45, 7) is 5.85. The van der Waals surface area contributed by atoms with Crippen LogP contribution in [0, 0.1) is 0 Å². The van der Waals surface area contributed by atoms with Crippen molar-refractivity contribution >= 4 is 5.96 Å². The van der Waals surface area contributed by atoms with Gasteiger partial charge in [0, 0.05) is 38.5 Å². The Kier molecular flexibility index (Phi) is 9.07. The number of aliphatic imine (C=N–C) groups is 1. The van der Waals surface area contributed by atoms with Gasteiger partial charge in [0.1, 0.15) is 0 Å². The second-order valence-electron chi connectivity index (χ2n) is 6.29. The van der Waals surface area contributed by atoms with Gasteiger partial charge in [-0.1, -0.05) is 25.1 Å². The molecule has 28 heavy (non-hydrogen) atoms. The minimum atomic E-state index is 0.142. The number of nitrogens with one attached hydrogen (secondary N) is 2. The molecular formula is C21H30N4O3. The summed E-state index contributed by atoms with van der Waals surface area (Å²) < 4.78 is 17.0. The van der Waals surface area contributed by atoms with Crippen molar-refractivity contribution in [3.05, 3.63) is 48.2 Å². The lowest BCUT2D eigenvalue weighted by molar-refractivity contribution is 0.179. The van der Waals surface area contributed by atoms with Crippen molar-refractivity contribution in [2.24, 2.45) is 4.99 Å². The van der Waals surface area contributed by atoms with Crippen molar-refractivity contribution in [1.82, 2.24) is 15.6 Å². The van der Waals surface area contributed by atoms with E-state index in [1.807, 2.05) is 43.3 Å². The van der Waals surface area contributed by atoms with Gasteiger partial charge in [0.2, 0.25) is 5.88 Å². The van der Waals surface area contributed by atoms with Gasteiger partial charge in [-0.15, -0.1) is 0 Å². The fraction of sp³-hybridized carbons (Fsp3) is 0.429. The van der Waals surface area contributed by atoms with E-state index in [-0.39, 0.29) is 6.04 Å². The molecule has 1 atom stereocenters. The highest BCUT2D eigenvalue weighted by molar-refractivity contribution is 5.79. The summed E-state index contributed by atoms with van der Waals surface area (Å²) in [5, 5.41) is 6.55. The van der Waals surface area contributed by atoms with Crippen LogP contribution in [0.2, 0.25) is 0 Å². The molecule has 2 N–H and O–H groups in total. The zero-order chi connectivity index (χ0) is 20.2. The molecule has 2 rings (SSSR count). The van der Waals surface area contributed by atoms with E-state index in [1.165, 1.54) is 0 Å². The second-order valence-corrected chi connectivity index (χ2v) is 6.29. The maximum Gasteiger partial charge on any atom is 0.224 e. The number of aromatic nitrogens is 1. The van der Waals surface area contributed by atoms with E-state index in [2.05, 4.69) is 27.5 Å². The molecule has 0 aliphatic heterocycles. The first kappa shape index (κ1) is 21.5. The number of guanidine groups is 1. The molecule has 1 aromatic carbocycles. The summed E-state index contributed by atoms with van der Waals surface area (Å²) in [7, 11) is 3.41. The van der Waals surface area contributed by atoms with Crippen LogP contribution in [0.1, 0.15) is 25.8 Å². The Bertz CT molecular complexity index is 752. The standard InChI is InChI=1S/C21H30N4O3/c1-5-13-27-18-10-6-7-11-19(18)28-20-17(9-8-12-23-20)14-24-21(22-3)25-16(2)15-26-4/h6-12,16H,5,13-15H2,1-4H3,(H2,22,24,25). The Labute approximate surface area is 167 Å². The smallest absolute Gasteiger partial charge is 0.224 e. The summed E-state index contributed by atoms with van der Waals surface area (Å²) in [5.41, 5.74) is 0.912. The van der Waals surface area contributed by atoms with E-state index in [4.69, 9.17) is 14.2 Å². The van der Waals surface area contributed by atoms with Crippen molar-refractivity contribution in [3.8, 4) is 17.4 Å². The molecule has 0 aliphatic rings. The first-order valence-electron chi connectivity index (χ1n) is 9.47. The van der Waals surface area contributed by atoms with Gasteiger partial charge in [-0.05, 0) is 31.5 Å². The number of nitrogens with zero attached hydrogens (tertiary/aromatic N) is 2. The molecule has 7 nitrogen and oxygen atoms in total. The first-order valence-corrected chi connectivity index (χ1v) is 9.47. The van der Waals surface area contributed by atoms with Crippen LogP contribution in [-0.4, -0.2) is 44.4 Å². The third-order valence-corrected chi connectivity index (χ3v) is 3.84. The van der Waals surface area contributed by atoms with E-state index in [0.717, 1.165) is 12.0 Å². The minimum absolute atomic E-state index is 0.142. The zero-order valence-electron chi connectivity index (χ0n) is 17.1. The molecule has 1 unspecified atom stereocenters. The average molecular weight is 386 g/mol. The first-order chi connectivity index (χ1) is 13.7. The molecule has 0 spiro atoms. The monoisotopic (exact) mass is 386 g/mol. The number of benzene rings is 1. The van der Waals surface area contributed by atoms with E-state index >= 15 is 0 Å². The number of pyridine rings is 1. The highest BCUT2D eigenvalue weighted by Crippen LogP contribution is 2.31. The van der Waals surface area contributed by atoms with Gasteiger partial charge in [-0.25, -0.2) is 4.98 Å². The Balaban J connectivity index is 2.07. The molecule has 1 aromatic heterocycles. The highest BCUT2D eigenvalue weighted by Gasteiger charge is 2.11. The molecular weight excluding hydrogens is 356 g/mol. The Morgan fingerprint density at radius 1 is 1.18 bits per heavy atom. The predicted molar refractivity (Wildman–Crippen MR) is 111 cm³/mol. The number of para-hydroxylation sites is 2. The van der Waals surface area contributed by atoms with Gasteiger partial charge >= 0.3 is 0 Å². The van der Waals surface area contributed by atoms with Gasteiger partial charge in [0.05, 0.1) is 13.2 Å². The molecule has 2 aromatic rings. The SMILES string of the molecule is CCCOc1ccccc1Oc1ncccc1CNC(=NC)NC(C)COC. The lowest BCUT2D eigenvalue weighted by Crippen LogP contribution is -2.43. The van der Waals surface area contributed by atoms with Crippen LogP contribution in [0.5, 0.6) is 17.4 Å². The van der Waals surface area contributed by atoms with E-state index in [9.17, 15) is 0 Å². The Hall–Kier alpha value is -2.80. The number of methoxy groups -OCH3 is 1. The quantitative estimate of drug-likeness (QED) is 0.482. The number of rotatable bonds is 10. The summed E-state index contributed by atoms with van der Waals surface area (Å²) in [5.74, 6) is 2.57. The van der Waals surface area contributed by atoms with Crippen LogP contribution in [0.4, 0.5) is 0 Å². The highest BCUT2D eigenvalue weighted by atomic mass is 16.5. The third kappa shape index (κ3) is 6.74. The topological polar surface area (TPSA) is 77.0 Å². The maximum absolute atomic E-state index is 6.07. The van der Waals surface area contributed by atoms with E-state index in [0.29, 0.717) is 43.1 Å². The van der Waals surface area contributed by atoms with Gasteiger partial charge < -0.3 is 24.8 Å². The van der Waals surface area contributed by atoms with Gasteiger partial charge in [0.15, 0.2) is 17.5 Å². The third-order valence-electron chi connectivity index (χ3n) is 3.84. The zero-order valence-corrected chi connectivity index (χ0v) is 17.1. The summed E-state index contributed by atoms with van der Waals surface area (Å²) in [6.07, 6.45) is 2.64. The molecule has 0 saturated carbocycles.